The third-order valence-corrected chi connectivity index (χ3v) is 14.2. The monoisotopic (exact) mass is 828 g/mol. The van der Waals surface area contributed by atoms with Gasteiger partial charge in [0, 0.05) is 43.8 Å². The Hall–Kier alpha value is -4.29. The zero-order valence-electron chi connectivity index (χ0n) is 28.6. The van der Waals surface area contributed by atoms with Gasteiger partial charge < -0.3 is 5.11 Å². The Kier molecular flexibility index (Phi) is 7.88. The van der Waals surface area contributed by atoms with Crippen LogP contribution in [0.2, 0.25) is 10.0 Å². The van der Waals surface area contributed by atoms with Gasteiger partial charge in [0.15, 0.2) is 0 Å². The van der Waals surface area contributed by atoms with Crippen molar-refractivity contribution >= 4 is 95.7 Å². The first-order valence-corrected chi connectivity index (χ1v) is 19.6. The lowest BCUT2D eigenvalue weighted by molar-refractivity contribution is -0.131. The molecule has 5 aromatic rings. The van der Waals surface area contributed by atoms with Crippen LogP contribution in [-0.4, -0.2) is 38.5 Å². The number of allylic oxidation sites excluding steroid dienone is 2. The van der Waals surface area contributed by atoms with E-state index in [-0.39, 0.29) is 30.4 Å². The molecule has 2 aliphatic carbocycles. The van der Waals surface area contributed by atoms with Crippen LogP contribution in [0.3, 0.4) is 0 Å². The molecule has 0 bridgehead atoms. The van der Waals surface area contributed by atoms with Crippen molar-refractivity contribution in [3.63, 3.8) is 0 Å². The molecule has 1 N–H and O–H groups in total. The fraction of sp³-hybridized carbons (Fsp3) is 0.275. The van der Waals surface area contributed by atoms with Gasteiger partial charge in [-0.15, -0.1) is 11.3 Å². The number of amides is 4. The minimum absolute atomic E-state index is 0.0275. The average Bonchev–Trinajstić information content (AvgIpc) is 3.80. The predicted molar refractivity (Wildman–Crippen MR) is 208 cm³/mol. The van der Waals surface area contributed by atoms with Gasteiger partial charge in [-0.2, -0.15) is 5.10 Å². The zero-order valence-corrected chi connectivity index (χ0v) is 32.6. The number of hydrogen-bond acceptors (Lipinski definition) is 7. The highest BCUT2D eigenvalue weighted by Gasteiger charge is 2.68. The predicted octanol–water partition coefficient (Wildman–Crippen LogP) is 8.82. The molecule has 9 rings (SSSR count). The minimum Gasteiger partial charge on any atom is -0.508 e. The van der Waals surface area contributed by atoms with E-state index in [2.05, 4.69) is 15.9 Å². The number of thiophene rings is 1. The number of benzene rings is 3. The molecule has 2 aliphatic heterocycles. The zero-order chi connectivity index (χ0) is 37.2. The highest BCUT2D eigenvalue weighted by molar-refractivity contribution is 9.10. The number of phenols is 1. The van der Waals surface area contributed by atoms with E-state index < -0.39 is 46.8 Å². The molecular weight excluding hydrogens is 799 g/mol. The number of aromatic nitrogens is 2. The van der Waals surface area contributed by atoms with Crippen molar-refractivity contribution < 1.29 is 24.3 Å². The quantitative estimate of drug-likeness (QED) is 0.143. The second kappa shape index (κ2) is 12.1. The standard InChI is InChI=1S/C40H31BrCl2N4O5S/c1-18-25-15-21(43)7-13-31(25)53-35(18)29-17-32(45(3)44-29)47-37(50)28-16-26-23(34(40(28,2)39(47)52)27-14-19(41)4-12-30(27)48)10-11-24-33(26)38(51)46(36(24)49)22-8-5-20(42)6-9-22/h4-10,12-15,17,24,26,28,33-34,48H,11,16H2,1-3H3/t24-,26+,28-,33-,34+,40+/m0/s1. The number of aryl methyl sites for hydroxylation is 2. The van der Waals surface area contributed by atoms with Crippen LogP contribution in [0.5, 0.6) is 5.75 Å². The summed E-state index contributed by atoms with van der Waals surface area (Å²) >= 11 is 17.5. The summed E-state index contributed by atoms with van der Waals surface area (Å²) in [6.45, 7) is 3.80. The Labute approximate surface area is 326 Å². The van der Waals surface area contributed by atoms with Gasteiger partial charge >= 0.3 is 0 Å². The Balaban J connectivity index is 1.16. The van der Waals surface area contributed by atoms with Crippen LogP contribution in [0, 0.1) is 36.0 Å². The number of rotatable bonds is 4. The van der Waals surface area contributed by atoms with Crippen molar-refractivity contribution in [2.24, 2.45) is 36.1 Å². The van der Waals surface area contributed by atoms with E-state index in [1.165, 1.54) is 9.80 Å². The van der Waals surface area contributed by atoms with E-state index in [1.54, 1.807) is 78.5 Å². The molecular formula is C40H31BrCl2N4O5S. The summed E-state index contributed by atoms with van der Waals surface area (Å²) in [6.07, 6.45) is 2.44. The van der Waals surface area contributed by atoms with E-state index in [9.17, 15) is 19.5 Å². The molecule has 4 amide bonds. The van der Waals surface area contributed by atoms with Crippen LogP contribution < -0.4 is 9.80 Å². The van der Waals surface area contributed by atoms with Gasteiger partial charge in [-0.1, -0.05) is 50.8 Å². The molecule has 1 saturated carbocycles. The molecule has 0 unspecified atom stereocenters. The number of fused-ring (bicyclic) bond motifs is 5. The van der Waals surface area contributed by atoms with Crippen LogP contribution in [0.25, 0.3) is 20.7 Å². The van der Waals surface area contributed by atoms with Crippen LogP contribution in [0.4, 0.5) is 11.5 Å². The van der Waals surface area contributed by atoms with E-state index in [4.69, 9.17) is 28.3 Å². The Morgan fingerprint density at radius 2 is 1.64 bits per heavy atom. The Morgan fingerprint density at radius 3 is 2.40 bits per heavy atom. The molecule has 6 atom stereocenters. The molecule has 3 fully saturated rings. The van der Waals surface area contributed by atoms with E-state index >= 15 is 4.79 Å². The molecule has 3 aromatic carbocycles. The lowest BCUT2D eigenvalue weighted by Gasteiger charge is -2.49. The topological polar surface area (TPSA) is 113 Å². The summed E-state index contributed by atoms with van der Waals surface area (Å²) in [5, 5.41) is 18.3. The molecule has 2 saturated heterocycles. The van der Waals surface area contributed by atoms with Crippen molar-refractivity contribution in [2.75, 3.05) is 9.80 Å². The number of aromatic hydroxyl groups is 1. The van der Waals surface area contributed by atoms with E-state index in [0.29, 0.717) is 37.3 Å². The molecule has 0 spiro atoms. The first-order chi connectivity index (χ1) is 25.3. The smallest absolute Gasteiger partial charge is 0.242 e. The fourth-order valence-corrected chi connectivity index (χ4v) is 11.2. The molecule has 9 nitrogen and oxygen atoms in total. The summed E-state index contributed by atoms with van der Waals surface area (Å²) in [5.41, 5.74) is 1.98. The van der Waals surface area contributed by atoms with Crippen LogP contribution in [0.15, 0.2) is 82.9 Å². The maximum Gasteiger partial charge on any atom is 0.242 e. The lowest BCUT2D eigenvalue weighted by Crippen LogP contribution is -2.49. The molecule has 2 aromatic heterocycles. The highest BCUT2D eigenvalue weighted by atomic mass is 79.9. The van der Waals surface area contributed by atoms with Crippen molar-refractivity contribution in [1.82, 2.24) is 9.78 Å². The number of carbonyl (C=O) groups excluding carboxylic acids is 4. The third-order valence-electron chi connectivity index (χ3n) is 11.9. The number of imide groups is 2. The van der Waals surface area contributed by atoms with E-state index in [0.717, 1.165) is 26.1 Å². The lowest BCUT2D eigenvalue weighted by atomic mass is 9.51. The van der Waals surface area contributed by atoms with Crippen molar-refractivity contribution in [1.29, 1.82) is 0 Å². The first-order valence-electron chi connectivity index (χ1n) is 17.2. The van der Waals surface area contributed by atoms with Crippen molar-refractivity contribution in [2.45, 2.75) is 32.6 Å². The summed E-state index contributed by atoms with van der Waals surface area (Å²) in [6, 6.07) is 19.1. The van der Waals surface area contributed by atoms with Gasteiger partial charge in [0.25, 0.3) is 0 Å². The summed E-state index contributed by atoms with van der Waals surface area (Å²) in [7, 11) is 1.71. The molecule has 53 heavy (non-hydrogen) atoms. The largest absolute Gasteiger partial charge is 0.508 e. The number of carbonyl (C=O) groups is 4. The summed E-state index contributed by atoms with van der Waals surface area (Å²) in [4.78, 5) is 61.6. The molecule has 268 valence electrons. The molecule has 4 aliphatic rings. The maximum absolute atomic E-state index is 15.1. The number of halogens is 3. The normalized spacial score (nSPS) is 26.7. The number of hydrogen-bond donors (Lipinski definition) is 1. The maximum atomic E-state index is 15.1. The fourth-order valence-electron chi connectivity index (χ4n) is 9.39. The van der Waals surface area contributed by atoms with Gasteiger partial charge in [-0.05, 0) is 104 Å². The first kappa shape index (κ1) is 34.5. The number of anilines is 2. The van der Waals surface area contributed by atoms with Gasteiger partial charge in [-0.3, -0.25) is 28.8 Å². The van der Waals surface area contributed by atoms with Crippen LogP contribution in [-0.2, 0) is 26.2 Å². The van der Waals surface area contributed by atoms with Crippen LogP contribution in [0.1, 0.15) is 36.8 Å². The van der Waals surface area contributed by atoms with Crippen molar-refractivity contribution in [3.8, 4) is 16.3 Å². The van der Waals surface area contributed by atoms with E-state index in [1.807, 2.05) is 31.2 Å². The van der Waals surface area contributed by atoms with Crippen LogP contribution >= 0.6 is 50.5 Å². The average molecular weight is 831 g/mol. The molecule has 4 heterocycles. The minimum atomic E-state index is -1.33. The number of phenolic OH excluding ortho intramolecular Hbond substituents is 1. The summed E-state index contributed by atoms with van der Waals surface area (Å²) < 4.78 is 3.29. The number of nitrogens with zero attached hydrogens (tertiary/aromatic N) is 4. The third kappa shape index (κ3) is 4.89. The van der Waals surface area contributed by atoms with Gasteiger partial charge in [-0.25, -0.2) is 4.90 Å². The van der Waals surface area contributed by atoms with Gasteiger partial charge in [0.1, 0.15) is 17.3 Å². The highest BCUT2D eigenvalue weighted by Crippen LogP contribution is 2.64. The Bertz CT molecular complexity index is 2490. The van der Waals surface area contributed by atoms with Crippen molar-refractivity contribution in [3.05, 3.63) is 104 Å². The molecule has 0 radical (unpaired) electrons. The SMILES string of the molecule is Cc1c(-c2cc(N3C(=O)[C@@H]4C[C@@H]5C(=CC[C@@H]6C(=O)N(c7ccc(Cl)cc7)C(=O)[C@@H]65)[C@H](c5cc(Br)ccc5O)[C@]4(C)C3=O)n(C)n2)sc2ccc(Cl)cc12. The Morgan fingerprint density at radius 1 is 0.906 bits per heavy atom. The van der Waals surface area contributed by atoms with Gasteiger partial charge in [0.2, 0.25) is 23.6 Å². The second-order valence-corrected chi connectivity index (χ2v) is 17.4. The van der Waals surface area contributed by atoms with Gasteiger partial charge in [0.05, 0.1) is 33.7 Å². The second-order valence-electron chi connectivity index (χ2n) is 14.6. The molecule has 13 heteroatoms. The summed E-state index contributed by atoms with van der Waals surface area (Å²) in [5.74, 6) is -4.69.